The maximum Gasteiger partial charge on any atom is 0.282 e. The van der Waals surface area contributed by atoms with Crippen LogP contribution in [0.2, 0.25) is 0 Å². The van der Waals surface area contributed by atoms with Gasteiger partial charge in [0, 0.05) is 19.7 Å². The highest BCUT2D eigenvalue weighted by Gasteiger charge is 2.25. The fourth-order valence-electron chi connectivity index (χ4n) is 2.83. The molecule has 0 atom stereocenters. The fourth-order valence-corrected chi connectivity index (χ4v) is 2.83. The molecule has 9 heteroatoms. The number of aromatic nitrogens is 5. The van der Waals surface area contributed by atoms with Crippen molar-refractivity contribution in [3.8, 4) is 0 Å². The number of nitrogens with zero attached hydrogens (tertiary/aromatic N) is 4. The van der Waals surface area contributed by atoms with Crippen molar-refractivity contribution in [3.05, 3.63) is 35.5 Å². The molecule has 2 N–H and O–H groups in total. The number of nitrogens with one attached hydrogen (secondary N) is 2. The first-order valence-electron chi connectivity index (χ1n) is 7.98. The van der Waals surface area contributed by atoms with Crippen LogP contribution in [0.1, 0.15) is 41.1 Å². The number of imidazole rings is 1. The Kier molecular flexibility index (Phi) is 3.70. The van der Waals surface area contributed by atoms with E-state index < -0.39 is 12.3 Å². The van der Waals surface area contributed by atoms with Gasteiger partial charge in [-0.2, -0.15) is 5.10 Å². The number of anilines is 1. The second kappa shape index (κ2) is 5.91. The van der Waals surface area contributed by atoms with Crippen LogP contribution < -0.4 is 5.32 Å². The Bertz CT molecular complexity index is 943. The summed E-state index contributed by atoms with van der Waals surface area (Å²) in [4.78, 5) is 24.3. The van der Waals surface area contributed by atoms with Crippen LogP contribution in [0.15, 0.2) is 18.5 Å². The summed E-state index contributed by atoms with van der Waals surface area (Å²) in [5, 5.41) is 6.29. The summed E-state index contributed by atoms with van der Waals surface area (Å²) in [7, 11) is 1.40. The molecule has 3 aromatic heterocycles. The third-order valence-electron chi connectivity index (χ3n) is 4.30. The topological polar surface area (TPSA) is 88.5 Å². The number of amides is 1. The van der Waals surface area contributed by atoms with Crippen LogP contribution in [0.4, 0.5) is 14.5 Å². The maximum atomic E-state index is 13.1. The number of pyridine rings is 1. The summed E-state index contributed by atoms with van der Waals surface area (Å²) in [6, 6.07) is 1.54. The Balaban J connectivity index is 1.64. The molecule has 0 unspecified atom stereocenters. The lowest BCUT2D eigenvalue weighted by molar-refractivity contribution is 0.102. The Morgan fingerprint density at radius 3 is 3.00 bits per heavy atom. The van der Waals surface area contributed by atoms with E-state index in [1.807, 2.05) is 0 Å². The van der Waals surface area contributed by atoms with Gasteiger partial charge in [-0.25, -0.2) is 18.7 Å². The van der Waals surface area contributed by atoms with E-state index in [1.165, 1.54) is 38.3 Å². The highest BCUT2D eigenvalue weighted by Crippen LogP contribution is 2.32. The van der Waals surface area contributed by atoms with Gasteiger partial charge in [0.05, 0.1) is 23.0 Å². The normalized spacial score (nSPS) is 14.4. The molecule has 0 aliphatic heterocycles. The summed E-state index contributed by atoms with van der Waals surface area (Å²) >= 11 is 0. The second-order valence-electron chi connectivity index (χ2n) is 6.21. The molecule has 25 heavy (non-hydrogen) atoms. The van der Waals surface area contributed by atoms with Gasteiger partial charge in [0.25, 0.3) is 12.3 Å². The van der Waals surface area contributed by atoms with Crippen LogP contribution in [0.5, 0.6) is 0 Å². The number of fused-ring (bicyclic) bond motifs is 1. The van der Waals surface area contributed by atoms with Crippen LogP contribution in [0, 0.1) is 5.92 Å². The van der Waals surface area contributed by atoms with Gasteiger partial charge in [0.15, 0.2) is 5.65 Å². The molecule has 0 spiro atoms. The predicted octanol–water partition coefficient (Wildman–Crippen LogP) is 2.83. The Hall–Kier alpha value is -2.84. The monoisotopic (exact) mass is 346 g/mol. The zero-order valence-electron chi connectivity index (χ0n) is 13.5. The summed E-state index contributed by atoms with van der Waals surface area (Å²) in [6.45, 7) is 0. The first-order valence-corrected chi connectivity index (χ1v) is 7.98. The smallest absolute Gasteiger partial charge is 0.282 e. The molecule has 7 nitrogen and oxygen atoms in total. The van der Waals surface area contributed by atoms with Gasteiger partial charge in [0.2, 0.25) is 0 Å². The number of halogens is 2. The predicted molar refractivity (Wildman–Crippen MR) is 86.4 cm³/mol. The number of hydrogen-bond acceptors (Lipinski definition) is 4. The highest BCUT2D eigenvalue weighted by atomic mass is 19.3. The van der Waals surface area contributed by atoms with Crippen molar-refractivity contribution in [2.45, 2.75) is 25.7 Å². The Labute approximate surface area is 141 Å². The van der Waals surface area contributed by atoms with E-state index in [0.29, 0.717) is 22.6 Å². The van der Waals surface area contributed by atoms with Gasteiger partial charge >= 0.3 is 0 Å². The molecule has 130 valence electrons. The summed E-state index contributed by atoms with van der Waals surface area (Å²) in [6.07, 6.45) is 3.16. The average molecular weight is 346 g/mol. The van der Waals surface area contributed by atoms with E-state index in [2.05, 4.69) is 25.4 Å². The summed E-state index contributed by atoms with van der Waals surface area (Å²) in [5.41, 5.74) is 0.924. The largest absolute Gasteiger partial charge is 0.340 e. The van der Waals surface area contributed by atoms with Crippen molar-refractivity contribution in [2.75, 3.05) is 5.32 Å². The Morgan fingerprint density at radius 1 is 1.48 bits per heavy atom. The van der Waals surface area contributed by atoms with Crippen LogP contribution in [0.3, 0.4) is 0 Å². The number of carbonyl (C=O) groups excluding carboxylic acids is 1. The standard InChI is InChI=1S/C16H16F2N6O/c1-24-13(14(17)18)10(7-20-24)21-16(25)9-4-5-19-15-12(9)22-11(23-15)6-8-2-3-8/h4-5,7-8,14H,2-3,6H2,1H3,(H,21,25)(H,19,22,23). The van der Waals surface area contributed by atoms with Gasteiger partial charge in [0.1, 0.15) is 11.5 Å². The van der Waals surface area contributed by atoms with Crippen LogP contribution in [-0.4, -0.2) is 30.6 Å². The molecule has 0 aromatic carbocycles. The number of aryl methyl sites for hydroxylation is 1. The number of carbonyl (C=O) groups is 1. The molecule has 1 fully saturated rings. The van der Waals surface area contributed by atoms with Crippen LogP contribution >= 0.6 is 0 Å². The molecule has 0 radical (unpaired) electrons. The summed E-state index contributed by atoms with van der Waals surface area (Å²) in [5.74, 6) is 0.922. The molecule has 1 aliphatic rings. The summed E-state index contributed by atoms with van der Waals surface area (Å²) < 4.78 is 27.3. The Morgan fingerprint density at radius 2 is 2.28 bits per heavy atom. The van der Waals surface area contributed by atoms with E-state index in [0.717, 1.165) is 16.9 Å². The lowest BCUT2D eigenvalue weighted by Crippen LogP contribution is -2.14. The minimum atomic E-state index is -2.74. The van der Waals surface area contributed by atoms with Crippen molar-refractivity contribution >= 4 is 22.8 Å². The minimum absolute atomic E-state index is 0.00909. The van der Waals surface area contributed by atoms with E-state index in [-0.39, 0.29) is 11.4 Å². The first-order chi connectivity index (χ1) is 12.0. The zero-order chi connectivity index (χ0) is 17.6. The third kappa shape index (κ3) is 2.97. The number of H-pyrrole nitrogens is 1. The number of rotatable bonds is 5. The van der Waals surface area contributed by atoms with Gasteiger partial charge < -0.3 is 10.3 Å². The van der Waals surface area contributed by atoms with Crippen molar-refractivity contribution in [1.29, 1.82) is 0 Å². The van der Waals surface area contributed by atoms with Gasteiger partial charge in [-0.1, -0.05) is 0 Å². The van der Waals surface area contributed by atoms with Crippen molar-refractivity contribution < 1.29 is 13.6 Å². The number of hydrogen-bond donors (Lipinski definition) is 2. The molecule has 3 aromatic rings. The second-order valence-corrected chi connectivity index (χ2v) is 6.21. The quantitative estimate of drug-likeness (QED) is 0.743. The molecule has 3 heterocycles. The number of alkyl halides is 2. The molecular weight excluding hydrogens is 330 g/mol. The zero-order valence-corrected chi connectivity index (χ0v) is 13.5. The van der Waals surface area contributed by atoms with E-state index in [4.69, 9.17) is 0 Å². The third-order valence-corrected chi connectivity index (χ3v) is 4.30. The minimum Gasteiger partial charge on any atom is -0.340 e. The van der Waals surface area contributed by atoms with Crippen LogP contribution in [0.25, 0.3) is 11.2 Å². The fraction of sp³-hybridized carbons (Fsp3) is 0.375. The van der Waals surface area contributed by atoms with E-state index >= 15 is 0 Å². The van der Waals surface area contributed by atoms with Gasteiger partial charge in [-0.15, -0.1) is 0 Å². The molecule has 1 saturated carbocycles. The average Bonchev–Trinajstić information content (AvgIpc) is 3.15. The van der Waals surface area contributed by atoms with Crippen molar-refractivity contribution in [3.63, 3.8) is 0 Å². The molecule has 1 amide bonds. The van der Waals surface area contributed by atoms with Gasteiger partial charge in [-0.05, 0) is 24.8 Å². The van der Waals surface area contributed by atoms with E-state index in [9.17, 15) is 13.6 Å². The maximum absolute atomic E-state index is 13.1. The molecule has 0 bridgehead atoms. The first kappa shape index (κ1) is 15.7. The SMILES string of the molecule is Cn1ncc(NC(=O)c2ccnc3nc(CC4CC4)[nH]c23)c1C(F)F. The molecular formula is C16H16F2N6O. The van der Waals surface area contributed by atoms with Crippen LogP contribution in [-0.2, 0) is 13.5 Å². The van der Waals surface area contributed by atoms with Crippen molar-refractivity contribution in [2.24, 2.45) is 13.0 Å². The van der Waals surface area contributed by atoms with E-state index in [1.54, 1.807) is 0 Å². The van der Waals surface area contributed by atoms with Crippen molar-refractivity contribution in [1.82, 2.24) is 24.7 Å². The molecule has 4 rings (SSSR count). The lowest BCUT2D eigenvalue weighted by atomic mass is 10.2. The van der Waals surface area contributed by atoms with Gasteiger partial charge in [-0.3, -0.25) is 9.48 Å². The highest BCUT2D eigenvalue weighted by molar-refractivity contribution is 6.11. The molecule has 1 aliphatic carbocycles. The lowest BCUT2D eigenvalue weighted by Gasteiger charge is -2.07. The number of aromatic amines is 1. The molecule has 0 saturated heterocycles.